The van der Waals surface area contributed by atoms with Gasteiger partial charge in [-0.15, -0.1) is 0 Å². The first-order valence-corrected chi connectivity index (χ1v) is 6.48. The first kappa shape index (κ1) is 13.7. The normalized spacial score (nSPS) is 14.5. The van der Waals surface area contributed by atoms with Gasteiger partial charge < -0.3 is 20.5 Å². The van der Waals surface area contributed by atoms with Gasteiger partial charge in [0, 0.05) is 6.54 Å². The molecule has 5 heteroatoms. The van der Waals surface area contributed by atoms with Crippen LogP contribution in [0, 0.1) is 5.92 Å². The lowest BCUT2D eigenvalue weighted by molar-refractivity contribution is -0.122. The summed E-state index contributed by atoms with van der Waals surface area (Å²) in [5, 5.41) is 2.83. The summed E-state index contributed by atoms with van der Waals surface area (Å²) in [5.74, 6) is 1.75. The minimum atomic E-state index is -0.450. The third kappa shape index (κ3) is 3.61. The van der Waals surface area contributed by atoms with Crippen molar-refractivity contribution < 1.29 is 14.3 Å². The molecule has 5 nitrogen and oxygen atoms in total. The number of fused-ring (bicyclic) bond motifs is 1. The predicted octanol–water partition coefficient (Wildman–Crippen LogP) is 1.40. The summed E-state index contributed by atoms with van der Waals surface area (Å²) in [6, 6.07) is 5.17. The van der Waals surface area contributed by atoms with Gasteiger partial charge in [-0.05, 0) is 30.0 Å². The van der Waals surface area contributed by atoms with E-state index in [1.807, 2.05) is 32.0 Å². The Kier molecular flexibility index (Phi) is 4.27. The van der Waals surface area contributed by atoms with Gasteiger partial charge in [0.25, 0.3) is 0 Å². The lowest BCUT2D eigenvalue weighted by atomic mass is 10.0. The molecule has 0 radical (unpaired) electrons. The van der Waals surface area contributed by atoms with E-state index in [2.05, 4.69) is 5.32 Å². The molecule has 2 rings (SSSR count). The summed E-state index contributed by atoms with van der Waals surface area (Å²) >= 11 is 0. The fourth-order valence-corrected chi connectivity index (χ4v) is 1.99. The minimum Gasteiger partial charge on any atom is -0.454 e. The maximum atomic E-state index is 11.8. The molecule has 104 valence electrons. The summed E-state index contributed by atoms with van der Waals surface area (Å²) < 4.78 is 10.5. The molecule has 0 bridgehead atoms. The van der Waals surface area contributed by atoms with Gasteiger partial charge in [0.15, 0.2) is 11.5 Å². The van der Waals surface area contributed by atoms with Gasteiger partial charge in [-0.1, -0.05) is 19.9 Å². The third-order valence-corrected chi connectivity index (χ3v) is 2.97. The molecule has 1 aliphatic rings. The highest BCUT2D eigenvalue weighted by atomic mass is 16.7. The van der Waals surface area contributed by atoms with Crippen molar-refractivity contribution in [1.82, 2.24) is 5.32 Å². The van der Waals surface area contributed by atoms with Crippen LogP contribution in [0.2, 0.25) is 0 Å². The van der Waals surface area contributed by atoms with Crippen molar-refractivity contribution in [3.05, 3.63) is 23.8 Å². The number of amides is 1. The van der Waals surface area contributed by atoms with E-state index in [-0.39, 0.29) is 12.7 Å². The molecule has 0 saturated carbocycles. The van der Waals surface area contributed by atoms with Gasteiger partial charge in [-0.3, -0.25) is 4.79 Å². The quantitative estimate of drug-likeness (QED) is 0.843. The van der Waals surface area contributed by atoms with Gasteiger partial charge >= 0.3 is 0 Å². The van der Waals surface area contributed by atoms with E-state index < -0.39 is 6.04 Å². The maximum absolute atomic E-state index is 11.8. The van der Waals surface area contributed by atoms with Crippen LogP contribution < -0.4 is 20.5 Å². The van der Waals surface area contributed by atoms with Crippen LogP contribution in [0.3, 0.4) is 0 Å². The van der Waals surface area contributed by atoms with Crippen LogP contribution >= 0.6 is 0 Å². The number of benzene rings is 1. The number of carbonyl (C=O) groups excluding carboxylic acids is 1. The van der Waals surface area contributed by atoms with Gasteiger partial charge in [-0.2, -0.15) is 0 Å². The van der Waals surface area contributed by atoms with Gasteiger partial charge in [0.2, 0.25) is 12.7 Å². The van der Waals surface area contributed by atoms with Crippen molar-refractivity contribution in [2.75, 3.05) is 6.79 Å². The largest absolute Gasteiger partial charge is 0.454 e. The van der Waals surface area contributed by atoms with Crippen LogP contribution in [0.4, 0.5) is 0 Å². The molecule has 1 atom stereocenters. The Morgan fingerprint density at radius 2 is 2.11 bits per heavy atom. The maximum Gasteiger partial charge on any atom is 0.237 e. The molecular formula is C14H20N2O3. The number of hydrogen-bond acceptors (Lipinski definition) is 4. The fourth-order valence-electron chi connectivity index (χ4n) is 1.99. The molecule has 1 amide bonds. The Morgan fingerprint density at radius 3 is 2.84 bits per heavy atom. The second kappa shape index (κ2) is 5.93. The van der Waals surface area contributed by atoms with E-state index in [9.17, 15) is 4.79 Å². The van der Waals surface area contributed by atoms with Crippen molar-refractivity contribution in [2.45, 2.75) is 32.9 Å². The SMILES string of the molecule is CC(C)C[C@@H](N)C(=O)NCc1ccc2c(c1)OCO2. The monoisotopic (exact) mass is 264 g/mol. The Hall–Kier alpha value is -1.75. The second-order valence-corrected chi connectivity index (χ2v) is 5.14. The number of rotatable bonds is 5. The van der Waals surface area contributed by atoms with Crippen molar-refractivity contribution in [3.63, 3.8) is 0 Å². The minimum absolute atomic E-state index is 0.119. The summed E-state index contributed by atoms with van der Waals surface area (Å²) in [4.78, 5) is 11.8. The van der Waals surface area contributed by atoms with Crippen LogP contribution in [0.15, 0.2) is 18.2 Å². The van der Waals surface area contributed by atoms with Gasteiger partial charge in [-0.25, -0.2) is 0 Å². The molecule has 19 heavy (non-hydrogen) atoms. The number of nitrogens with two attached hydrogens (primary N) is 1. The van der Waals surface area contributed by atoms with Crippen LogP contribution in [0.1, 0.15) is 25.8 Å². The van der Waals surface area contributed by atoms with E-state index in [0.29, 0.717) is 18.9 Å². The molecule has 1 aromatic rings. The number of carbonyl (C=O) groups is 1. The Morgan fingerprint density at radius 1 is 1.37 bits per heavy atom. The standard InChI is InChI=1S/C14H20N2O3/c1-9(2)5-11(15)14(17)16-7-10-3-4-12-13(6-10)19-8-18-12/h3-4,6,9,11H,5,7-8,15H2,1-2H3,(H,16,17)/t11-/m1/s1. The average Bonchev–Trinajstić information content (AvgIpc) is 2.82. The zero-order valence-electron chi connectivity index (χ0n) is 11.3. The van der Waals surface area contributed by atoms with E-state index >= 15 is 0 Å². The Bertz CT molecular complexity index is 460. The average molecular weight is 264 g/mol. The molecular weight excluding hydrogens is 244 g/mol. The van der Waals surface area contributed by atoms with Crippen LogP contribution in [0.5, 0.6) is 11.5 Å². The Labute approximate surface area is 113 Å². The fraction of sp³-hybridized carbons (Fsp3) is 0.500. The topological polar surface area (TPSA) is 73.6 Å². The predicted molar refractivity (Wildman–Crippen MR) is 71.8 cm³/mol. The van der Waals surface area contributed by atoms with Crippen molar-refractivity contribution in [3.8, 4) is 11.5 Å². The van der Waals surface area contributed by atoms with Gasteiger partial charge in [0.05, 0.1) is 6.04 Å². The summed E-state index contributed by atoms with van der Waals surface area (Å²) in [7, 11) is 0. The summed E-state index contributed by atoms with van der Waals surface area (Å²) in [6.45, 7) is 4.79. The van der Waals surface area contributed by atoms with Crippen molar-refractivity contribution >= 4 is 5.91 Å². The second-order valence-electron chi connectivity index (χ2n) is 5.14. The van der Waals surface area contributed by atoms with Crippen LogP contribution in [0.25, 0.3) is 0 Å². The number of nitrogens with one attached hydrogen (secondary N) is 1. The first-order valence-electron chi connectivity index (χ1n) is 6.48. The lowest BCUT2D eigenvalue weighted by Gasteiger charge is -2.14. The molecule has 3 N–H and O–H groups in total. The highest BCUT2D eigenvalue weighted by molar-refractivity contribution is 5.81. The molecule has 0 aliphatic carbocycles. The number of ether oxygens (including phenoxy) is 2. The van der Waals surface area contributed by atoms with E-state index in [4.69, 9.17) is 15.2 Å². The molecule has 0 unspecified atom stereocenters. The smallest absolute Gasteiger partial charge is 0.237 e. The van der Waals surface area contributed by atoms with E-state index in [1.165, 1.54) is 0 Å². The Balaban J connectivity index is 1.87. The molecule has 0 saturated heterocycles. The number of hydrogen-bond donors (Lipinski definition) is 2. The van der Waals surface area contributed by atoms with Crippen LogP contribution in [-0.4, -0.2) is 18.7 Å². The summed E-state index contributed by atoms with van der Waals surface area (Å²) in [5.41, 5.74) is 6.78. The van der Waals surface area contributed by atoms with Crippen LogP contribution in [-0.2, 0) is 11.3 Å². The lowest BCUT2D eigenvalue weighted by Crippen LogP contribution is -2.40. The molecule has 0 spiro atoms. The van der Waals surface area contributed by atoms with E-state index in [1.54, 1.807) is 0 Å². The molecule has 1 heterocycles. The van der Waals surface area contributed by atoms with Crippen molar-refractivity contribution in [2.24, 2.45) is 11.7 Å². The van der Waals surface area contributed by atoms with Crippen molar-refractivity contribution in [1.29, 1.82) is 0 Å². The first-order chi connectivity index (χ1) is 9.06. The van der Waals surface area contributed by atoms with E-state index in [0.717, 1.165) is 17.1 Å². The summed E-state index contributed by atoms with van der Waals surface area (Å²) in [6.07, 6.45) is 0.687. The highest BCUT2D eigenvalue weighted by Crippen LogP contribution is 2.32. The zero-order valence-corrected chi connectivity index (χ0v) is 11.3. The molecule has 1 aliphatic heterocycles. The molecule has 1 aromatic carbocycles. The zero-order chi connectivity index (χ0) is 13.8. The molecule has 0 fully saturated rings. The molecule has 0 aromatic heterocycles. The third-order valence-electron chi connectivity index (χ3n) is 2.97. The van der Waals surface area contributed by atoms with Gasteiger partial charge in [0.1, 0.15) is 0 Å². The highest BCUT2D eigenvalue weighted by Gasteiger charge is 2.16.